The van der Waals surface area contributed by atoms with E-state index in [1.807, 2.05) is 27.7 Å². The normalized spacial score (nSPS) is 13.6. The quantitative estimate of drug-likeness (QED) is 0.547. The molecule has 3 heteroatoms. The van der Waals surface area contributed by atoms with E-state index in [1.165, 1.54) is 0 Å². The lowest BCUT2D eigenvalue weighted by molar-refractivity contribution is -0.0281. The van der Waals surface area contributed by atoms with Gasteiger partial charge in [-0.2, -0.15) is 0 Å². The summed E-state index contributed by atoms with van der Waals surface area (Å²) in [7, 11) is 0. The van der Waals surface area contributed by atoms with Gasteiger partial charge in [0.2, 0.25) is 0 Å². The number of hydrogen-bond donors (Lipinski definition) is 0. The van der Waals surface area contributed by atoms with Gasteiger partial charge in [0.15, 0.2) is 0 Å². The van der Waals surface area contributed by atoms with Crippen molar-refractivity contribution in [2.45, 2.75) is 39.9 Å². The van der Waals surface area contributed by atoms with Crippen LogP contribution in [0, 0.1) is 0 Å². The van der Waals surface area contributed by atoms with Crippen LogP contribution in [0.1, 0.15) is 27.7 Å². The van der Waals surface area contributed by atoms with Crippen molar-refractivity contribution in [3.05, 3.63) is 0 Å². The van der Waals surface area contributed by atoms with E-state index in [1.54, 1.807) is 0 Å². The maximum absolute atomic E-state index is 5.35. The molecular formula is C10H22O3. The summed E-state index contributed by atoms with van der Waals surface area (Å²) >= 11 is 0. The minimum absolute atomic E-state index is 0.184. The zero-order valence-corrected chi connectivity index (χ0v) is 9.21. The standard InChI is InChI=1S/C10H22O3/c1-5-12-10(4)8-11-6-7-13-9(2)3/h9-10H,5-8H2,1-4H3. The molecule has 0 aromatic heterocycles. The van der Waals surface area contributed by atoms with Crippen molar-refractivity contribution in [1.82, 2.24) is 0 Å². The third kappa shape index (κ3) is 9.80. The lowest BCUT2D eigenvalue weighted by atomic mass is 10.4. The zero-order chi connectivity index (χ0) is 10.1. The maximum atomic E-state index is 5.35. The van der Waals surface area contributed by atoms with E-state index in [4.69, 9.17) is 14.2 Å². The van der Waals surface area contributed by atoms with Gasteiger partial charge >= 0.3 is 0 Å². The molecule has 0 aliphatic rings. The fraction of sp³-hybridized carbons (Fsp3) is 1.00. The molecule has 0 N–H and O–H groups in total. The van der Waals surface area contributed by atoms with E-state index in [0.29, 0.717) is 19.8 Å². The molecule has 3 nitrogen and oxygen atoms in total. The Morgan fingerprint density at radius 2 is 1.69 bits per heavy atom. The summed E-state index contributed by atoms with van der Waals surface area (Å²) in [4.78, 5) is 0. The van der Waals surface area contributed by atoms with Gasteiger partial charge < -0.3 is 14.2 Å². The Bertz CT molecular complexity index is 104. The van der Waals surface area contributed by atoms with Crippen LogP contribution >= 0.6 is 0 Å². The highest BCUT2D eigenvalue weighted by Crippen LogP contribution is 1.92. The minimum Gasteiger partial charge on any atom is -0.376 e. The highest BCUT2D eigenvalue weighted by Gasteiger charge is 2.00. The Morgan fingerprint density at radius 3 is 2.23 bits per heavy atom. The van der Waals surface area contributed by atoms with Crippen molar-refractivity contribution in [3.63, 3.8) is 0 Å². The zero-order valence-electron chi connectivity index (χ0n) is 9.21. The van der Waals surface area contributed by atoms with Crippen LogP contribution in [0.25, 0.3) is 0 Å². The first kappa shape index (κ1) is 12.9. The first-order valence-electron chi connectivity index (χ1n) is 4.97. The monoisotopic (exact) mass is 190 g/mol. The highest BCUT2D eigenvalue weighted by atomic mass is 16.5. The Labute approximate surface area is 81.4 Å². The number of rotatable bonds is 8. The molecule has 0 aromatic carbocycles. The molecule has 0 saturated carbocycles. The fourth-order valence-corrected chi connectivity index (χ4v) is 0.925. The molecule has 1 unspecified atom stereocenters. The van der Waals surface area contributed by atoms with Crippen molar-refractivity contribution in [2.24, 2.45) is 0 Å². The van der Waals surface area contributed by atoms with E-state index in [-0.39, 0.29) is 12.2 Å². The van der Waals surface area contributed by atoms with Crippen LogP contribution in [0.3, 0.4) is 0 Å². The molecule has 0 aliphatic heterocycles. The van der Waals surface area contributed by atoms with Crippen LogP contribution < -0.4 is 0 Å². The third-order valence-corrected chi connectivity index (χ3v) is 1.48. The molecule has 1 atom stereocenters. The van der Waals surface area contributed by atoms with Crippen LogP contribution in [0.5, 0.6) is 0 Å². The Kier molecular flexibility index (Phi) is 8.40. The second-order valence-electron chi connectivity index (χ2n) is 3.26. The van der Waals surface area contributed by atoms with Crippen LogP contribution in [0.15, 0.2) is 0 Å². The molecule has 0 bridgehead atoms. The first-order valence-corrected chi connectivity index (χ1v) is 4.97. The molecule has 0 amide bonds. The van der Waals surface area contributed by atoms with Gasteiger partial charge in [-0.05, 0) is 27.7 Å². The summed E-state index contributed by atoms with van der Waals surface area (Å²) in [5.74, 6) is 0. The van der Waals surface area contributed by atoms with E-state index >= 15 is 0 Å². The van der Waals surface area contributed by atoms with Crippen molar-refractivity contribution < 1.29 is 14.2 Å². The van der Waals surface area contributed by atoms with E-state index in [2.05, 4.69) is 0 Å². The van der Waals surface area contributed by atoms with Gasteiger partial charge in [0.25, 0.3) is 0 Å². The smallest absolute Gasteiger partial charge is 0.0780 e. The molecule has 13 heavy (non-hydrogen) atoms. The number of hydrogen-bond acceptors (Lipinski definition) is 3. The van der Waals surface area contributed by atoms with Crippen molar-refractivity contribution >= 4 is 0 Å². The predicted octanol–water partition coefficient (Wildman–Crippen LogP) is 1.85. The molecule has 0 rings (SSSR count). The Balaban J connectivity index is 3.06. The summed E-state index contributed by atoms with van der Waals surface area (Å²) in [6.45, 7) is 10.7. The average Bonchev–Trinajstić information content (AvgIpc) is 2.03. The molecule has 0 radical (unpaired) electrons. The van der Waals surface area contributed by atoms with Gasteiger partial charge in [-0.25, -0.2) is 0 Å². The number of ether oxygens (including phenoxy) is 3. The second-order valence-corrected chi connectivity index (χ2v) is 3.26. The SMILES string of the molecule is CCOC(C)COCCOC(C)C. The van der Waals surface area contributed by atoms with Gasteiger partial charge in [0.1, 0.15) is 0 Å². The lowest BCUT2D eigenvalue weighted by Crippen LogP contribution is -2.18. The van der Waals surface area contributed by atoms with Crippen molar-refractivity contribution in [2.75, 3.05) is 26.4 Å². The van der Waals surface area contributed by atoms with E-state index in [9.17, 15) is 0 Å². The topological polar surface area (TPSA) is 27.7 Å². The Hall–Kier alpha value is -0.120. The molecule has 0 aromatic rings. The molecule has 80 valence electrons. The van der Waals surface area contributed by atoms with Crippen molar-refractivity contribution in [1.29, 1.82) is 0 Å². The molecule has 0 fully saturated rings. The molecular weight excluding hydrogens is 168 g/mol. The van der Waals surface area contributed by atoms with Crippen LogP contribution in [0.4, 0.5) is 0 Å². The maximum Gasteiger partial charge on any atom is 0.0780 e. The molecule has 0 spiro atoms. The van der Waals surface area contributed by atoms with Crippen molar-refractivity contribution in [3.8, 4) is 0 Å². The van der Waals surface area contributed by atoms with Gasteiger partial charge in [-0.15, -0.1) is 0 Å². The summed E-state index contributed by atoms with van der Waals surface area (Å²) < 4.78 is 16.0. The summed E-state index contributed by atoms with van der Waals surface area (Å²) in [5.41, 5.74) is 0. The molecule has 0 saturated heterocycles. The Morgan fingerprint density at radius 1 is 1.00 bits per heavy atom. The van der Waals surface area contributed by atoms with Crippen LogP contribution in [-0.2, 0) is 14.2 Å². The lowest BCUT2D eigenvalue weighted by Gasteiger charge is -2.12. The molecule has 0 aliphatic carbocycles. The fourth-order valence-electron chi connectivity index (χ4n) is 0.925. The van der Waals surface area contributed by atoms with Gasteiger partial charge in [-0.1, -0.05) is 0 Å². The van der Waals surface area contributed by atoms with Gasteiger partial charge in [0.05, 0.1) is 32.0 Å². The van der Waals surface area contributed by atoms with Crippen LogP contribution in [-0.4, -0.2) is 38.6 Å². The summed E-state index contributed by atoms with van der Waals surface area (Å²) in [5, 5.41) is 0. The van der Waals surface area contributed by atoms with Gasteiger partial charge in [0, 0.05) is 6.61 Å². The average molecular weight is 190 g/mol. The summed E-state index contributed by atoms with van der Waals surface area (Å²) in [6, 6.07) is 0. The molecule has 0 heterocycles. The second kappa shape index (κ2) is 8.48. The van der Waals surface area contributed by atoms with E-state index < -0.39 is 0 Å². The largest absolute Gasteiger partial charge is 0.376 e. The first-order chi connectivity index (χ1) is 6.16. The van der Waals surface area contributed by atoms with Crippen LogP contribution in [0.2, 0.25) is 0 Å². The highest BCUT2D eigenvalue weighted by molar-refractivity contribution is 4.46. The minimum atomic E-state index is 0.184. The predicted molar refractivity (Wildman–Crippen MR) is 53.0 cm³/mol. The third-order valence-electron chi connectivity index (χ3n) is 1.48. The van der Waals surface area contributed by atoms with E-state index in [0.717, 1.165) is 6.61 Å². The summed E-state index contributed by atoms with van der Waals surface area (Å²) in [6.07, 6.45) is 0.469. The van der Waals surface area contributed by atoms with Gasteiger partial charge in [-0.3, -0.25) is 0 Å².